The highest BCUT2D eigenvalue weighted by atomic mass is 16.5. The maximum absolute atomic E-state index is 5.67. The van der Waals surface area contributed by atoms with Crippen LogP contribution in [0.2, 0.25) is 0 Å². The van der Waals surface area contributed by atoms with Crippen molar-refractivity contribution in [2.24, 2.45) is 0 Å². The summed E-state index contributed by atoms with van der Waals surface area (Å²) in [4.78, 5) is 8.36. The topological polar surface area (TPSA) is 61.2 Å². The van der Waals surface area contributed by atoms with Crippen LogP contribution in [0.5, 0.6) is 5.75 Å². The van der Waals surface area contributed by atoms with Gasteiger partial charge in [0.2, 0.25) is 0 Å². The Balaban J connectivity index is 1.62. The number of methoxy groups -OCH3 is 1. The number of nitrogens with zero attached hydrogens (tertiary/aromatic N) is 3. The minimum atomic E-state index is 0.672. The molecule has 2 heterocycles. The quantitative estimate of drug-likeness (QED) is 0.672. The molecule has 0 radical (unpaired) electrons. The molecule has 2 rings (SSSR count). The maximum Gasteiger partial charge on any atom is 0.137 e. The second kappa shape index (κ2) is 9.10. The Hall–Kier alpha value is -1.92. The lowest BCUT2D eigenvalue weighted by atomic mass is 10.3. The van der Waals surface area contributed by atoms with Gasteiger partial charge in [0.25, 0.3) is 0 Å². The fourth-order valence-corrected chi connectivity index (χ4v) is 1.85. The van der Waals surface area contributed by atoms with E-state index >= 15 is 0 Å². The number of rotatable bonds is 10. The Kier molecular flexibility index (Phi) is 6.70. The van der Waals surface area contributed by atoms with Crippen molar-refractivity contribution in [1.82, 2.24) is 19.9 Å². The monoisotopic (exact) mass is 290 g/mol. The van der Waals surface area contributed by atoms with Crippen molar-refractivity contribution >= 4 is 0 Å². The third kappa shape index (κ3) is 5.93. The molecule has 0 amide bonds. The smallest absolute Gasteiger partial charge is 0.137 e. The zero-order chi connectivity index (χ0) is 14.8. The van der Waals surface area contributed by atoms with Crippen LogP contribution in [-0.2, 0) is 17.8 Å². The number of aryl methyl sites for hydroxylation is 1. The summed E-state index contributed by atoms with van der Waals surface area (Å²) in [5, 5.41) is 3.25. The van der Waals surface area contributed by atoms with Gasteiger partial charge in [0.1, 0.15) is 5.75 Å². The molecule has 6 heteroatoms. The van der Waals surface area contributed by atoms with E-state index in [4.69, 9.17) is 9.47 Å². The van der Waals surface area contributed by atoms with E-state index in [1.165, 1.54) is 0 Å². The Bertz CT molecular complexity index is 485. The van der Waals surface area contributed by atoms with Gasteiger partial charge in [-0.15, -0.1) is 0 Å². The summed E-state index contributed by atoms with van der Waals surface area (Å²) in [5.41, 5.74) is 0.997. The van der Waals surface area contributed by atoms with Crippen LogP contribution in [0.15, 0.2) is 37.1 Å². The fourth-order valence-electron chi connectivity index (χ4n) is 1.85. The van der Waals surface area contributed by atoms with E-state index in [0.717, 1.165) is 37.5 Å². The predicted molar refractivity (Wildman–Crippen MR) is 80.2 cm³/mol. The predicted octanol–water partition coefficient (Wildman–Crippen LogP) is 1.48. The van der Waals surface area contributed by atoms with Gasteiger partial charge in [-0.25, -0.2) is 4.98 Å². The molecular weight excluding hydrogens is 268 g/mol. The van der Waals surface area contributed by atoms with Gasteiger partial charge in [-0.2, -0.15) is 0 Å². The van der Waals surface area contributed by atoms with Crippen LogP contribution < -0.4 is 10.1 Å². The molecule has 6 nitrogen and oxygen atoms in total. The third-order valence-electron chi connectivity index (χ3n) is 2.98. The van der Waals surface area contributed by atoms with Crippen molar-refractivity contribution < 1.29 is 9.47 Å². The molecule has 0 atom stereocenters. The Morgan fingerprint density at radius 1 is 1.29 bits per heavy atom. The summed E-state index contributed by atoms with van der Waals surface area (Å²) in [6.07, 6.45) is 8.26. The Labute approximate surface area is 125 Å². The first-order chi connectivity index (χ1) is 10.4. The molecule has 2 aromatic rings. The van der Waals surface area contributed by atoms with E-state index in [-0.39, 0.29) is 0 Å². The number of ether oxygens (including phenoxy) is 2. The van der Waals surface area contributed by atoms with E-state index in [2.05, 4.69) is 15.3 Å². The number of hydrogen-bond donors (Lipinski definition) is 1. The second-order valence-corrected chi connectivity index (χ2v) is 4.66. The summed E-state index contributed by atoms with van der Waals surface area (Å²) in [6.45, 7) is 3.85. The molecule has 0 bridgehead atoms. The molecule has 114 valence electrons. The lowest BCUT2D eigenvalue weighted by molar-refractivity contribution is 0.199. The second-order valence-electron chi connectivity index (χ2n) is 4.66. The van der Waals surface area contributed by atoms with E-state index in [1.807, 2.05) is 29.2 Å². The standard InChI is InChI=1S/C15H22N4O2/c1-20-10-6-16-11-14-3-4-15(12-18-14)21-9-2-7-19-8-5-17-13-19/h3-5,8,12-13,16H,2,6-7,9-11H2,1H3. The first kappa shape index (κ1) is 15.5. The number of pyridine rings is 1. The molecule has 0 spiro atoms. The van der Waals surface area contributed by atoms with Crippen molar-refractivity contribution in [3.05, 3.63) is 42.7 Å². The highest BCUT2D eigenvalue weighted by Gasteiger charge is 1.98. The lowest BCUT2D eigenvalue weighted by Gasteiger charge is -2.07. The van der Waals surface area contributed by atoms with Gasteiger partial charge in [-0.1, -0.05) is 0 Å². The summed E-state index contributed by atoms with van der Waals surface area (Å²) in [7, 11) is 1.69. The molecule has 0 aliphatic heterocycles. The van der Waals surface area contributed by atoms with Gasteiger partial charge in [-0.3, -0.25) is 4.98 Å². The summed E-state index contributed by atoms with van der Waals surface area (Å²) in [5.74, 6) is 0.807. The number of nitrogens with one attached hydrogen (secondary N) is 1. The lowest BCUT2D eigenvalue weighted by Crippen LogP contribution is -2.19. The molecule has 0 aliphatic carbocycles. The van der Waals surface area contributed by atoms with Crippen molar-refractivity contribution in [1.29, 1.82) is 0 Å². The van der Waals surface area contributed by atoms with Gasteiger partial charge in [-0.05, 0) is 18.6 Å². The number of hydrogen-bond acceptors (Lipinski definition) is 5. The van der Waals surface area contributed by atoms with E-state index in [1.54, 1.807) is 19.5 Å². The largest absolute Gasteiger partial charge is 0.492 e. The van der Waals surface area contributed by atoms with Crippen LogP contribution >= 0.6 is 0 Å². The third-order valence-corrected chi connectivity index (χ3v) is 2.98. The van der Waals surface area contributed by atoms with Crippen LogP contribution in [0.25, 0.3) is 0 Å². The minimum absolute atomic E-state index is 0.672. The summed E-state index contributed by atoms with van der Waals surface area (Å²) in [6, 6.07) is 3.93. The van der Waals surface area contributed by atoms with Crippen LogP contribution in [0.4, 0.5) is 0 Å². The molecule has 0 saturated heterocycles. The fraction of sp³-hybridized carbons (Fsp3) is 0.467. The van der Waals surface area contributed by atoms with Crippen molar-refractivity contribution in [3.8, 4) is 5.75 Å². The van der Waals surface area contributed by atoms with E-state index in [0.29, 0.717) is 13.2 Å². The van der Waals surface area contributed by atoms with Gasteiger partial charge in [0.05, 0.1) is 31.4 Å². The first-order valence-corrected chi connectivity index (χ1v) is 7.11. The maximum atomic E-state index is 5.67. The van der Waals surface area contributed by atoms with Gasteiger partial charge < -0.3 is 19.4 Å². The Morgan fingerprint density at radius 2 is 2.24 bits per heavy atom. The van der Waals surface area contributed by atoms with Gasteiger partial charge in [0, 0.05) is 39.1 Å². The van der Waals surface area contributed by atoms with Crippen LogP contribution in [0, 0.1) is 0 Å². The SMILES string of the molecule is COCCNCc1ccc(OCCCn2ccnc2)cn1. The van der Waals surface area contributed by atoms with Crippen LogP contribution in [0.1, 0.15) is 12.1 Å². The molecule has 21 heavy (non-hydrogen) atoms. The molecule has 0 aliphatic rings. The molecule has 0 fully saturated rings. The summed E-state index contributed by atoms with van der Waals surface area (Å²) < 4.78 is 12.7. The number of aromatic nitrogens is 3. The van der Waals surface area contributed by atoms with Crippen molar-refractivity contribution in [3.63, 3.8) is 0 Å². The van der Waals surface area contributed by atoms with Crippen molar-refractivity contribution in [2.45, 2.75) is 19.5 Å². The molecule has 0 unspecified atom stereocenters. The van der Waals surface area contributed by atoms with Crippen LogP contribution in [-0.4, -0.2) is 41.4 Å². The van der Waals surface area contributed by atoms with Gasteiger partial charge >= 0.3 is 0 Å². The average Bonchev–Trinajstić information content (AvgIpc) is 3.03. The molecule has 0 saturated carbocycles. The highest BCUT2D eigenvalue weighted by Crippen LogP contribution is 2.09. The zero-order valence-corrected chi connectivity index (χ0v) is 12.4. The molecule has 2 aromatic heterocycles. The minimum Gasteiger partial charge on any atom is -0.492 e. The summed E-state index contributed by atoms with van der Waals surface area (Å²) >= 11 is 0. The number of imidazole rings is 1. The van der Waals surface area contributed by atoms with E-state index in [9.17, 15) is 0 Å². The molecule has 0 aromatic carbocycles. The highest BCUT2D eigenvalue weighted by molar-refractivity contribution is 5.19. The van der Waals surface area contributed by atoms with Crippen LogP contribution in [0.3, 0.4) is 0 Å². The average molecular weight is 290 g/mol. The molecule has 1 N–H and O–H groups in total. The van der Waals surface area contributed by atoms with Crippen molar-refractivity contribution in [2.75, 3.05) is 26.9 Å². The van der Waals surface area contributed by atoms with E-state index < -0.39 is 0 Å². The Morgan fingerprint density at radius 3 is 2.95 bits per heavy atom. The van der Waals surface area contributed by atoms with Gasteiger partial charge in [0.15, 0.2) is 0 Å². The zero-order valence-electron chi connectivity index (χ0n) is 12.4. The molecular formula is C15H22N4O2. The normalized spacial score (nSPS) is 10.7. The first-order valence-electron chi connectivity index (χ1n) is 7.11.